The first-order valence-electron chi connectivity index (χ1n) is 5.89. The third-order valence-corrected chi connectivity index (χ3v) is 6.40. The van der Waals surface area contributed by atoms with Gasteiger partial charge in [0.2, 0.25) is 10.0 Å². The van der Waals surface area contributed by atoms with E-state index in [1.165, 1.54) is 12.1 Å². The lowest BCUT2D eigenvalue weighted by Gasteiger charge is -2.26. The zero-order valence-corrected chi connectivity index (χ0v) is 12.4. The molecule has 0 bridgehead atoms. The number of rotatable bonds is 4. The van der Waals surface area contributed by atoms with Crippen LogP contribution in [0.1, 0.15) is 25.7 Å². The number of aliphatic carboxylic acids is 1. The Morgan fingerprint density at radius 1 is 1.42 bits per heavy atom. The first-order chi connectivity index (χ1) is 8.88. The van der Waals surface area contributed by atoms with E-state index in [-0.39, 0.29) is 10.3 Å². The summed E-state index contributed by atoms with van der Waals surface area (Å²) >= 11 is 6.71. The van der Waals surface area contributed by atoms with Gasteiger partial charge in [-0.25, -0.2) is 13.1 Å². The number of carboxylic acid groups (broad SMARTS) is 1. The van der Waals surface area contributed by atoms with Gasteiger partial charge in [-0.3, -0.25) is 4.79 Å². The minimum atomic E-state index is -3.60. The topological polar surface area (TPSA) is 83.5 Å². The van der Waals surface area contributed by atoms with Gasteiger partial charge in [0.05, 0.1) is 10.3 Å². The highest BCUT2D eigenvalue weighted by molar-refractivity contribution is 7.91. The molecule has 1 aliphatic carbocycles. The van der Waals surface area contributed by atoms with Gasteiger partial charge >= 0.3 is 5.97 Å². The van der Waals surface area contributed by atoms with Crippen molar-refractivity contribution in [3.63, 3.8) is 0 Å². The van der Waals surface area contributed by atoms with Crippen molar-refractivity contribution in [3.8, 4) is 0 Å². The molecule has 2 atom stereocenters. The molecule has 1 heterocycles. The van der Waals surface area contributed by atoms with Crippen LogP contribution >= 0.6 is 22.9 Å². The monoisotopic (exact) mass is 323 g/mol. The molecule has 5 nitrogen and oxygen atoms in total. The van der Waals surface area contributed by atoms with E-state index in [1.54, 1.807) is 0 Å². The van der Waals surface area contributed by atoms with E-state index in [0.29, 0.717) is 23.6 Å². The summed E-state index contributed by atoms with van der Waals surface area (Å²) in [7, 11) is -3.60. The number of halogens is 1. The lowest BCUT2D eigenvalue weighted by atomic mass is 9.86. The van der Waals surface area contributed by atoms with E-state index in [9.17, 15) is 13.2 Å². The van der Waals surface area contributed by atoms with Gasteiger partial charge in [0, 0.05) is 6.04 Å². The normalized spacial score (nSPS) is 24.3. The van der Waals surface area contributed by atoms with Crippen LogP contribution in [0, 0.1) is 5.92 Å². The van der Waals surface area contributed by atoms with Gasteiger partial charge in [-0.2, -0.15) is 0 Å². The largest absolute Gasteiger partial charge is 0.481 e. The van der Waals surface area contributed by atoms with Crippen molar-refractivity contribution in [2.75, 3.05) is 0 Å². The summed E-state index contributed by atoms with van der Waals surface area (Å²) in [5.41, 5.74) is 0. The second-order valence-electron chi connectivity index (χ2n) is 4.58. The number of thiophene rings is 1. The standard InChI is InChI=1S/C11H14ClNO4S2/c12-9-4-5-10(18-9)19(16,17)13-8-3-1-2-7(6-8)11(14)15/h4-5,7-8,13H,1-3,6H2,(H,14,15). The highest BCUT2D eigenvalue weighted by atomic mass is 35.5. The highest BCUT2D eigenvalue weighted by Crippen LogP contribution is 2.28. The van der Waals surface area contributed by atoms with Gasteiger partial charge in [-0.15, -0.1) is 11.3 Å². The van der Waals surface area contributed by atoms with Gasteiger partial charge < -0.3 is 5.11 Å². The Kier molecular flexibility index (Phi) is 4.50. The average Bonchev–Trinajstić information content (AvgIpc) is 2.76. The van der Waals surface area contributed by atoms with E-state index in [2.05, 4.69) is 4.72 Å². The van der Waals surface area contributed by atoms with E-state index >= 15 is 0 Å². The van der Waals surface area contributed by atoms with Crippen LogP contribution in [0.15, 0.2) is 16.3 Å². The van der Waals surface area contributed by atoms with Crippen molar-refractivity contribution >= 4 is 38.9 Å². The van der Waals surface area contributed by atoms with Crippen molar-refractivity contribution in [1.82, 2.24) is 4.72 Å². The van der Waals surface area contributed by atoms with Crippen molar-refractivity contribution in [1.29, 1.82) is 0 Å². The number of hydrogen-bond acceptors (Lipinski definition) is 4. The first kappa shape index (κ1) is 14.8. The van der Waals surface area contributed by atoms with Gasteiger partial charge in [0.25, 0.3) is 0 Å². The predicted octanol–water partition coefficient (Wildman–Crippen LogP) is 2.32. The maximum absolute atomic E-state index is 12.1. The first-order valence-corrected chi connectivity index (χ1v) is 8.57. The molecule has 2 rings (SSSR count). The molecule has 1 saturated carbocycles. The number of carbonyl (C=O) groups is 1. The quantitative estimate of drug-likeness (QED) is 0.890. The van der Waals surface area contributed by atoms with Crippen molar-refractivity contribution in [2.45, 2.75) is 35.9 Å². The van der Waals surface area contributed by atoms with Crippen molar-refractivity contribution in [3.05, 3.63) is 16.5 Å². The molecule has 106 valence electrons. The van der Waals surface area contributed by atoms with Gasteiger partial charge in [0.15, 0.2) is 0 Å². The fourth-order valence-corrected chi connectivity index (χ4v) is 5.02. The molecule has 2 unspecified atom stereocenters. The maximum atomic E-state index is 12.1. The molecule has 1 aromatic heterocycles. The molecule has 0 spiro atoms. The molecule has 19 heavy (non-hydrogen) atoms. The van der Waals surface area contributed by atoms with Crippen LogP contribution in [0.4, 0.5) is 0 Å². The number of nitrogens with one attached hydrogen (secondary N) is 1. The van der Waals surface area contributed by atoms with E-state index in [4.69, 9.17) is 16.7 Å². The minimum absolute atomic E-state index is 0.162. The van der Waals surface area contributed by atoms with Crippen LogP contribution in [0.25, 0.3) is 0 Å². The van der Waals surface area contributed by atoms with E-state index < -0.39 is 21.9 Å². The molecule has 0 amide bonds. The number of carboxylic acids is 1. The van der Waals surface area contributed by atoms with E-state index in [0.717, 1.165) is 17.8 Å². The molecule has 1 fully saturated rings. The average molecular weight is 324 g/mol. The molecule has 0 saturated heterocycles. The van der Waals surface area contributed by atoms with Crippen LogP contribution < -0.4 is 4.72 Å². The maximum Gasteiger partial charge on any atom is 0.306 e. The van der Waals surface area contributed by atoms with Crippen LogP contribution in [-0.2, 0) is 14.8 Å². The summed E-state index contributed by atoms with van der Waals surface area (Å²) < 4.78 is 27.3. The van der Waals surface area contributed by atoms with Crippen LogP contribution in [0.5, 0.6) is 0 Å². The molecular weight excluding hydrogens is 310 g/mol. The third-order valence-electron chi connectivity index (χ3n) is 3.16. The van der Waals surface area contributed by atoms with Crippen LogP contribution in [-0.4, -0.2) is 25.5 Å². The summed E-state index contributed by atoms with van der Waals surface area (Å²) in [5, 5.41) is 8.98. The summed E-state index contributed by atoms with van der Waals surface area (Å²) in [6, 6.07) is 2.66. The predicted molar refractivity (Wildman–Crippen MR) is 73.0 cm³/mol. The number of hydrogen-bond donors (Lipinski definition) is 2. The van der Waals surface area contributed by atoms with Gasteiger partial charge in [0.1, 0.15) is 4.21 Å². The number of sulfonamides is 1. The summed E-state index contributed by atoms with van der Waals surface area (Å²) in [5.74, 6) is -1.32. The third kappa shape index (κ3) is 3.68. The summed E-state index contributed by atoms with van der Waals surface area (Å²) in [6.45, 7) is 0. The Morgan fingerprint density at radius 3 is 2.74 bits per heavy atom. The molecule has 8 heteroatoms. The molecular formula is C11H14ClNO4S2. The second kappa shape index (κ2) is 5.78. The Hall–Kier alpha value is -0.630. The summed E-state index contributed by atoms with van der Waals surface area (Å²) in [6.07, 6.45) is 2.34. The van der Waals surface area contributed by atoms with Crippen LogP contribution in [0.3, 0.4) is 0 Å². The summed E-state index contributed by atoms with van der Waals surface area (Å²) in [4.78, 5) is 10.9. The Bertz CT molecular complexity index is 569. The fraction of sp³-hybridized carbons (Fsp3) is 0.545. The molecule has 0 aromatic carbocycles. The lowest BCUT2D eigenvalue weighted by molar-refractivity contribution is -0.143. The van der Waals surface area contributed by atoms with Crippen molar-refractivity contribution < 1.29 is 18.3 Å². The Balaban J connectivity index is 2.06. The zero-order chi connectivity index (χ0) is 14.0. The molecule has 0 radical (unpaired) electrons. The van der Waals surface area contributed by atoms with Gasteiger partial charge in [-0.1, -0.05) is 18.0 Å². The highest BCUT2D eigenvalue weighted by Gasteiger charge is 2.30. The van der Waals surface area contributed by atoms with Crippen molar-refractivity contribution in [2.24, 2.45) is 5.92 Å². The van der Waals surface area contributed by atoms with E-state index in [1.807, 2.05) is 0 Å². The fourth-order valence-electron chi connectivity index (χ4n) is 2.24. The smallest absolute Gasteiger partial charge is 0.306 e. The van der Waals surface area contributed by atoms with Crippen LogP contribution in [0.2, 0.25) is 4.34 Å². The molecule has 2 N–H and O–H groups in total. The SMILES string of the molecule is O=C(O)C1CCCC(NS(=O)(=O)c2ccc(Cl)s2)C1. The molecule has 0 aliphatic heterocycles. The zero-order valence-electron chi connectivity index (χ0n) is 10.0. The minimum Gasteiger partial charge on any atom is -0.481 e. The molecule has 1 aliphatic rings. The van der Waals surface area contributed by atoms with Gasteiger partial charge in [-0.05, 0) is 31.4 Å². The second-order valence-corrected chi connectivity index (χ2v) is 8.23. The lowest BCUT2D eigenvalue weighted by Crippen LogP contribution is -2.39. The molecule has 1 aromatic rings. The Labute approximate surface area is 120 Å². The Morgan fingerprint density at radius 2 is 2.16 bits per heavy atom.